The number of benzene rings is 1. The molecule has 0 radical (unpaired) electrons. The highest BCUT2D eigenvalue weighted by Gasteiger charge is 2.17. The van der Waals surface area contributed by atoms with E-state index < -0.39 is 5.82 Å². The summed E-state index contributed by atoms with van der Waals surface area (Å²) >= 11 is 0. The van der Waals surface area contributed by atoms with Gasteiger partial charge >= 0.3 is 0 Å². The fourth-order valence-corrected chi connectivity index (χ4v) is 1.66. The van der Waals surface area contributed by atoms with Gasteiger partial charge in [-0.15, -0.1) is 0 Å². The van der Waals surface area contributed by atoms with Crippen LogP contribution in [0.1, 0.15) is 30.1 Å². The van der Waals surface area contributed by atoms with E-state index in [4.69, 9.17) is 5.26 Å². The highest BCUT2D eigenvalue weighted by atomic mass is 19.1. The van der Waals surface area contributed by atoms with Gasteiger partial charge in [-0.3, -0.25) is 4.79 Å². The molecule has 4 nitrogen and oxygen atoms in total. The molecule has 0 spiro atoms. The lowest BCUT2D eigenvalue weighted by Gasteiger charge is -2.18. The Labute approximate surface area is 112 Å². The average molecular weight is 263 g/mol. The fourth-order valence-electron chi connectivity index (χ4n) is 1.66. The number of hydrogen-bond acceptors (Lipinski definition) is 3. The van der Waals surface area contributed by atoms with Crippen LogP contribution in [0, 0.1) is 17.1 Å². The summed E-state index contributed by atoms with van der Waals surface area (Å²) in [6.45, 7) is 2.90. The molecule has 0 aromatic heterocycles. The number of carbonyl (C=O) groups excluding carboxylic acids is 1. The van der Waals surface area contributed by atoms with E-state index in [1.165, 1.54) is 17.0 Å². The largest absolute Gasteiger partial charge is 0.382 e. The van der Waals surface area contributed by atoms with Crippen LogP contribution in [-0.2, 0) is 0 Å². The van der Waals surface area contributed by atoms with Crippen molar-refractivity contribution in [2.45, 2.75) is 19.8 Å². The summed E-state index contributed by atoms with van der Waals surface area (Å²) in [4.78, 5) is 13.6. The third-order valence-corrected chi connectivity index (χ3v) is 2.70. The van der Waals surface area contributed by atoms with Gasteiger partial charge < -0.3 is 10.2 Å². The Balaban J connectivity index is 2.95. The second-order valence-corrected chi connectivity index (χ2v) is 4.22. The smallest absolute Gasteiger partial charge is 0.255 e. The molecule has 0 bridgehead atoms. The average Bonchev–Trinajstić information content (AvgIpc) is 2.42. The number of nitrogens with zero attached hydrogens (tertiary/aromatic N) is 2. The molecule has 0 unspecified atom stereocenters. The first-order valence-corrected chi connectivity index (χ1v) is 6.26. The maximum absolute atomic E-state index is 13.8. The van der Waals surface area contributed by atoms with Crippen molar-refractivity contribution in [1.82, 2.24) is 4.90 Å². The highest BCUT2D eigenvalue weighted by molar-refractivity contribution is 5.99. The first-order valence-electron chi connectivity index (χ1n) is 6.26. The minimum Gasteiger partial charge on any atom is -0.382 e. The molecule has 1 rings (SSSR count). The lowest BCUT2D eigenvalue weighted by atomic mass is 10.1. The Morgan fingerprint density at radius 3 is 2.89 bits per heavy atom. The molecule has 0 aliphatic rings. The summed E-state index contributed by atoms with van der Waals surface area (Å²) in [5.41, 5.74) is 0.534. The summed E-state index contributed by atoms with van der Waals surface area (Å²) < 4.78 is 13.8. The molecule has 1 aromatic carbocycles. The summed E-state index contributed by atoms with van der Waals surface area (Å²) in [6, 6.07) is 6.41. The van der Waals surface area contributed by atoms with Crippen molar-refractivity contribution in [1.29, 1.82) is 5.26 Å². The Bertz CT molecular complexity index is 482. The Kier molecular flexibility index (Phi) is 5.80. The number of carbonyl (C=O) groups is 1. The topological polar surface area (TPSA) is 56.1 Å². The van der Waals surface area contributed by atoms with Crippen molar-refractivity contribution in [2.24, 2.45) is 0 Å². The standard InChI is InChI=1S/C14H18FN3O/c1-3-9-17-13-11(6-4-7-12(13)15)14(19)18(2)10-5-8-16/h4,6-7,17H,3,5,9-10H2,1-2H3. The van der Waals surface area contributed by atoms with E-state index in [2.05, 4.69) is 5.32 Å². The molecular formula is C14H18FN3O. The molecule has 0 aliphatic heterocycles. The van der Waals surface area contributed by atoms with E-state index in [1.807, 2.05) is 13.0 Å². The molecule has 1 N–H and O–H groups in total. The molecule has 0 aliphatic carbocycles. The maximum Gasteiger partial charge on any atom is 0.255 e. The molecule has 0 fully saturated rings. The predicted octanol–water partition coefficient (Wildman–Crippen LogP) is 2.63. The number of hydrogen-bond donors (Lipinski definition) is 1. The number of amides is 1. The molecule has 1 amide bonds. The normalized spacial score (nSPS) is 9.79. The second kappa shape index (κ2) is 7.37. The van der Waals surface area contributed by atoms with Crippen LogP contribution in [0.3, 0.4) is 0 Å². The van der Waals surface area contributed by atoms with Gasteiger partial charge in [0.25, 0.3) is 5.91 Å². The van der Waals surface area contributed by atoms with Crippen LogP contribution >= 0.6 is 0 Å². The van der Waals surface area contributed by atoms with Gasteiger partial charge in [-0.25, -0.2) is 4.39 Å². The molecule has 0 atom stereocenters. The van der Waals surface area contributed by atoms with Gasteiger partial charge in [0.1, 0.15) is 5.82 Å². The zero-order valence-corrected chi connectivity index (χ0v) is 11.2. The van der Waals surface area contributed by atoms with Gasteiger partial charge in [0.15, 0.2) is 0 Å². The number of nitrogens with one attached hydrogen (secondary N) is 1. The van der Waals surface area contributed by atoms with Crippen molar-refractivity contribution in [3.8, 4) is 6.07 Å². The van der Waals surface area contributed by atoms with Crippen molar-refractivity contribution in [3.05, 3.63) is 29.6 Å². The molecule has 0 saturated carbocycles. The Morgan fingerprint density at radius 2 is 2.26 bits per heavy atom. The van der Waals surface area contributed by atoms with E-state index in [1.54, 1.807) is 13.1 Å². The van der Waals surface area contributed by atoms with Gasteiger partial charge in [0.2, 0.25) is 0 Å². The van der Waals surface area contributed by atoms with Crippen molar-refractivity contribution >= 4 is 11.6 Å². The monoisotopic (exact) mass is 263 g/mol. The second-order valence-electron chi connectivity index (χ2n) is 4.22. The van der Waals surface area contributed by atoms with Crippen LogP contribution in [0.2, 0.25) is 0 Å². The van der Waals surface area contributed by atoms with E-state index >= 15 is 0 Å². The van der Waals surface area contributed by atoms with Crippen LogP contribution < -0.4 is 5.32 Å². The van der Waals surface area contributed by atoms with Gasteiger partial charge in [-0.1, -0.05) is 13.0 Å². The van der Waals surface area contributed by atoms with Crippen molar-refractivity contribution < 1.29 is 9.18 Å². The highest BCUT2D eigenvalue weighted by Crippen LogP contribution is 2.21. The zero-order valence-electron chi connectivity index (χ0n) is 11.2. The van der Waals surface area contributed by atoms with Gasteiger partial charge in [0, 0.05) is 20.1 Å². The quantitative estimate of drug-likeness (QED) is 0.858. The number of rotatable bonds is 6. The fraction of sp³-hybridized carbons (Fsp3) is 0.429. The predicted molar refractivity (Wildman–Crippen MR) is 72.4 cm³/mol. The van der Waals surface area contributed by atoms with E-state index in [9.17, 15) is 9.18 Å². The zero-order chi connectivity index (χ0) is 14.3. The van der Waals surface area contributed by atoms with Gasteiger partial charge in [0.05, 0.1) is 23.7 Å². The van der Waals surface area contributed by atoms with Gasteiger partial charge in [-0.05, 0) is 18.6 Å². The van der Waals surface area contributed by atoms with Crippen LogP contribution in [-0.4, -0.2) is 30.9 Å². The third-order valence-electron chi connectivity index (χ3n) is 2.70. The van der Waals surface area contributed by atoms with Crippen LogP contribution in [0.15, 0.2) is 18.2 Å². The van der Waals surface area contributed by atoms with E-state index in [0.29, 0.717) is 18.7 Å². The number of nitriles is 1. The number of para-hydroxylation sites is 1. The Morgan fingerprint density at radius 1 is 1.53 bits per heavy atom. The summed E-state index contributed by atoms with van der Waals surface area (Å²) in [7, 11) is 1.61. The molecule has 102 valence electrons. The van der Waals surface area contributed by atoms with Crippen LogP contribution in [0.5, 0.6) is 0 Å². The molecule has 1 aromatic rings. The van der Waals surface area contributed by atoms with E-state index in [-0.39, 0.29) is 18.0 Å². The van der Waals surface area contributed by atoms with Crippen molar-refractivity contribution in [3.63, 3.8) is 0 Å². The van der Waals surface area contributed by atoms with Crippen LogP contribution in [0.4, 0.5) is 10.1 Å². The first-order chi connectivity index (χ1) is 9.11. The lowest BCUT2D eigenvalue weighted by molar-refractivity contribution is 0.0798. The number of halogens is 1. The molecule has 0 saturated heterocycles. The van der Waals surface area contributed by atoms with E-state index in [0.717, 1.165) is 6.42 Å². The summed E-state index contributed by atoms with van der Waals surface area (Å²) in [6.07, 6.45) is 1.10. The summed E-state index contributed by atoms with van der Waals surface area (Å²) in [5, 5.41) is 11.5. The van der Waals surface area contributed by atoms with Gasteiger partial charge in [-0.2, -0.15) is 5.26 Å². The summed E-state index contributed by atoms with van der Waals surface area (Å²) in [5.74, 6) is -0.721. The van der Waals surface area contributed by atoms with Crippen molar-refractivity contribution in [2.75, 3.05) is 25.5 Å². The SMILES string of the molecule is CCCNc1c(F)cccc1C(=O)N(C)CCC#N. The molecule has 19 heavy (non-hydrogen) atoms. The molecular weight excluding hydrogens is 245 g/mol. The van der Waals surface area contributed by atoms with Crippen LogP contribution in [0.25, 0.3) is 0 Å². The maximum atomic E-state index is 13.8. The minimum absolute atomic E-state index is 0.234. The molecule has 5 heteroatoms. The first kappa shape index (κ1) is 15.0. The Hall–Kier alpha value is -2.09. The molecule has 0 heterocycles. The minimum atomic E-state index is -0.437. The number of anilines is 1. The third kappa shape index (κ3) is 3.95. The lowest BCUT2D eigenvalue weighted by Crippen LogP contribution is -2.28.